The van der Waals surface area contributed by atoms with Gasteiger partial charge in [0.2, 0.25) is 0 Å². The van der Waals surface area contributed by atoms with E-state index in [-0.39, 0.29) is 0 Å². The van der Waals surface area contributed by atoms with Gasteiger partial charge < -0.3 is 5.11 Å². The van der Waals surface area contributed by atoms with E-state index in [1.807, 2.05) is 0 Å². The van der Waals surface area contributed by atoms with Crippen molar-refractivity contribution in [3.8, 4) is 0 Å². The Hall–Kier alpha value is -1.38. The van der Waals surface area contributed by atoms with Gasteiger partial charge in [-0.25, -0.2) is 4.39 Å². The Morgan fingerprint density at radius 3 is 2.50 bits per heavy atom. The Kier molecular flexibility index (Phi) is 2.80. The first-order chi connectivity index (χ1) is 5.70. The molecule has 1 N–H and O–H groups in total. The summed E-state index contributed by atoms with van der Waals surface area (Å²) in [5.41, 5.74) is 0.417. The fourth-order valence-electron chi connectivity index (χ4n) is 0.933. The van der Waals surface area contributed by atoms with Crippen molar-refractivity contribution in [2.75, 3.05) is 0 Å². The van der Waals surface area contributed by atoms with Crippen molar-refractivity contribution in [2.24, 2.45) is 0 Å². The lowest BCUT2D eigenvalue weighted by Gasteiger charge is -2.03. The van der Waals surface area contributed by atoms with Gasteiger partial charge in [0.1, 0.15) is 6.17 Å². The van der Waals surface area contributed by atoms with Crippen LogP contribution in [0.2, 0.25) is 0 Å². The predicted molar refractivity (Wildman–Crippen MR) is 42.5 cm³/mol. The number of carboxylic acid groups (broad SMARTS) is 1. The molecule has 1 rings (SSSR count). The molecule has 0 heterocycles. The van der Waals surface area contributed by atoms with Crippen LogP contribution in [0.25, 0.3) is 0 Å². The van der Waals surface area contributed by atoms with Gasteiger partial charge in [-0.3, -0.25) is 4.79 Å². The van der Waals surface area contributed by atoms with E-state index in [2.05, 4.69) is 0 Å². The first-order valence-electron chi connectivity index (χ1n) is 3.61. The van der Waals surface area contributed by atoms with Gasteiger partial charge in [-0.1, -0.05) is 30.3 Å². The Bertz CT molecular complexity index is 258. The molecule has 0 spiro atoms. The number of hydrogen-bond donors (Lipinski definition) is 1. The summed E-state index contributed by atoms with van der Waals surface area (Å²) in [5, 5.41) is 8.31. The highest BCUT2D eigenvalue weighted by Crippen LogP contribution is 2.19. The molecule has 0 amide bonds. The van der Waals surface area contributed by atoms with Gasteiger partial charge in [0, 0.05) is 0 Å². The standard InChI is InChI=1S/C9H9FO2/c10-8(6-9(11)12)7-4-2-1-3-5-7/h1-5,8H,6H2,(H,11,12). The Morgan fingerprint density at radius 1 is 1.42 bits per heavy atom. The summed E-state index contributed by atoms with van der Waals surface area (Å²) in [7, 11) is 0. The second-order valence-corrected chi connectivity index (χ2v) is 2.48. The van der Waals surface area contributed by atoms with Crippen molar-refractivity contribution < 1.29 is 14.3 Å². The number of hydrogen-bond acceptors (Lipinski definition) is 1. The summed E-state index contributed by atoms with van der Waals surface area (Å²) in [6, 6.07) is 8.28. The third kappa shape index (κ3) is 2.34. The fraction of sp³-hybridized carbons (Fsp3) is 0.222. The summed E-state index contributed by atoms with van der Waals surface area (Å²) < 4.78 is 13.0. The molecule has 1 unspecified atom stereocenters. The predicted octanol–water partition coefficient (Wildman–Crippen LogP) is 2.17. The highest BCUT2D eigenvalue weighted by Gasteiger charge is 2.12. The van der Waals surface area contributed by atoms with Gasteiger partial charge >= 0.3 is 5.97 Å². The second kappa shape index (κ2) is 3.85. The van der Waals surface area contributed by atoms with Crippen LogP contribution in [0.5, 0.6) is 0 Å². The largest absolute Gasteiger partial charge is 0.481 e. The first-order valence-corrected chi connectivity index (χ1v) is 3.61. The second-order valence-electron chi connectivity index (χ2n) is 2.48. The smallest absolute Gasteiger partial charge is 0.306 e. The lowest BCUT2D eigenvalue weighted by atomic mass is 10.1. The number of rotatable bonds is 3. The molecule has 2 nitrogen and oxygen atoms in total. The number of carbonyl (C=O) groups is 1. The molecule has 1 atom stereocenters. The minimum absolute atomic E-state index is 0.417. The molecular formula is C9H9FO2. The molecular weight excluding hydrogens is 159 g/mol. The van der Waals surface area contributed by atoms with Crippen LogP contribution in [-0.4, -0.2) is 11.1 Å². The van der Waals surface area contributed by atoms with E-state index >= 15 is 0 Å². The third-order valence-electron chi connectivity index (χ3n) is 1.52. The molecule has 0 aromatic heterocycles. The van der Waals surface area contributed by atoms with Crippen molar-refractivity contribution >= 4 is 5.97 Å². The van der Waals surface area contributed by atoms with Gasteiger partial charge in [-0.05, 0) is 5.56 Å². The van der Waals surface area contributed by atoms with Crippen molar-refractivity contribution in [2.45, 2.75) is 12.6 Å². The summed E-state index contributed by atoms with van der Waals surface area (Å²) in [6.45, 7) is 0. The summed E-state index contributed by atoms with van der Waals surface area (Å²) in [6.07, 6.45) is -1.87. The number of halogens is 1. The summed E-state index contributed by atoms with van der Waals surface area (Å²) in [4.78, 5) is 10.1. The molecule has 0 aliphatic carbocycles. The average molecular weight is 168 g/mol. The van der Waals surface area contributed by atoms with Crippen molar-refractivity contribution in [1.82, 2.24) is 0 Å². The molecule has 0 saturated carbocycles. The minimum atomic E-state index is -1.40. The van der Waals surface area contributed by atoms with Crippen molar-refractivity contribution in [3.63, 3.8) is 0 Å². The lowest BCUT2D eigenvalue weighted by molar-refractivity contribution is -0.138. The zero-order valence-electron chi connectivity index (χ0n) is 6.40. The maximum Gasteiger partial charge on any atom is 0.306 e. The molecule has 0 saturated heterocycles. The van der Waals surface area contributed by atoms with Gasteiger partial charge in [0.05, 0.1) is 6.42 Å². The molecule has 3 heteroatoms. The van der Waals surface area contributed by atoms with Crippen LogP contribution in [0.1, 0.15) is 18.2 Å². The molecule has 0 aliphatic heterocycles. The highest BCUT2D eigenvalue weighted by molar-refractivity contribution is 5.67. The van der Waals surface area contributed by atoms with Crippen LogP contribution in [0.3, 0.4) is 0 Å². The van der Waals surface area contributed by atoms with Crippen LogP contribution >= 0.6 is 0 Å². The van der Waals surface area contributed by atoms with Crippen LogP contribution in [0, 0.1) is 0 Å². The monoisotopic (exact) mass is 168 g/mol. The van der Waals surface area contributed by atoms with E-state index < -0.39 is 18.6 Å². The minimum Gasteiger partial charge on any atom is -0.481 e. The zero-order chi connectivity index (χ0) is 8.97. The molecule has 0 aliphatic rings. The summed E-state index contributed by atoms with van der Waals surface area (Å²) in [5.74, 6) is -1.12. The average Bonchev–Trinajstić information content (AvgIpc) is 2.05. The molecule has 0 radical (unpaired) electrons. The first kappa shape index (κ1) is 8.71. The molecule has 64 valence electrons. The van der Waals surface area contributed by atoms with E-state index in [1.54, 1.807) is 30.3 Å². The third-order valence-corrected chi connectivity index (χ3v) is 1.52. The lowest BCUT2D eigenvalue weighted by Crippen LogP contribution is -2.01. The molecule has 0 bridgehead atoms. The van der Waals surface area contributed by atoms with Crippen LogP contribution in [-0.2, 0) is 4.79 Å². The fourth-order valence-corrected chi connectivity index (χ4v) is 0.933. The van der Waals surface area contributed by atoms with Gasteiger partial charge in [0.15, 0.2) is 0 Å². The quantitative estimate of drug-likeness (QED) is 0.750. The molecule has 1 aromatic carbocycles. The maximum atomic E-state index is 13.0. The van der Waals surface area contributed by atoms with Crippen LogP contribution < -0.4 is 0 Å². The van der Waals surface area contributed by atoms with Gasteiger partial charge in [0.25, 0.3) is 0 Å². The SMILES string of the molecule is O=C(O)CC(F)c1ccccc1. The number of benzene rings is 1. The van der Waals surface area contributed by atoms with Crippen molar-refractivity contribution in [1.29, 1.82) is 0 Å². The Morgan fingerprint density at radius 2 is 2.00 bits per heavy atom. The van der Waals surface area contributed by atoms with E-state index in [9.17, 15) is 9.18 Å². The van der Waals surface area contributed by atoms with Crippen LogP contribution in [0.15, 0.2) is 30.3 Å². The topological polar surface area (TPSA) is 37.3 Å². The van der Waals surface area contributed by atoms with Gasteiger partial charge in [-0.2, -0.15) is 0 Å². The summed E-state index contributed by atoms with van der Waals surface area (Å²) >= 11 is 0. The van der Waals surface area contributed by atoms with E-state index in [0.717, 1.165) is 0 Å². The molecule has 1 aromatic rings. The normalized spacial score (nSPS) is 12.4. The highest BCUT2D eigenvalue weighted by atomic mass is 19.1. The Balaban J connectivity index is 2.65. The maximum absolute atomic E-state index is 13.0. The molecule has 0 fully saturated rings. The van der Waals surface area contributed by atoms with Crippen molar-refractivity contribution in [3.05, 3.63) is 35.9 Å². The van der Waals surface area contributed by atoms with E-state index in [1.165, 1.54) is 0 Å². The van der Waals surface area contributed by atoms with Crippen LogP contribution in [0.4, 0.5) is 4.39 Å². The van der Waals surface area contributed by atoms with Gasteiger partial charge in [-0.15, -0.1) is 0 Å². The number of aliphatic carboxylic acids is 1. The zero-order valence-corrected chi connectivity index (χ0v) is 6.40. The van der Waals surface area contributed by atoms with E-state index in [4.69, 9.17) is 5.11 Å². The number of alkyl halides is 1. The molecule has 12 heavy (non-hydrogen) atoms. The van der Waals surface area contributed by atoms with E-state index in [0.29, 0.717) is 5.56 Å². The Labute approximate surface area is 69.6 Å². The number of carboxylic acids is 1.